The maximum absolute atomic E-state index is 14.4. The number of hydrogen-bond donors (Lipinski definition) is 0. The van der Waals surface area contributed by atoms with Gasteiger partial charge in [0.15, 0.2) is 0 Å². The number of fused-ring (bicyclic) bond motifs is 8. The van der Waals surface area contributed by atoms with Gasteiger partial charge in [0.2, 0.25) is 0 Å². The molecule has 0 radical (unpaired) electrons. The third kappa shape index (κ3) is 5.82. The van der Waals surface area contributed by atoms with E-state index in [1.165, 1.54) is 24.3 Å². The Hall–Kier alpha value is -7.30. The zero-order valence-electron chi connectivity index (χ0n) is 31.5. The molecule has 0 aromatic heterocycles. The maximum Gasteiger partial charge on any atom is 0.416 e. The first kappa shape index (κ1) is 34.9. The van der Waals surface area contributed by atoms with Gasteiger partial charge in [-0.3, -0.25) is 0 Å². The first-order valence-electron chi connectivity index (χ1n) is 19.6. The second-order valence-corrected chi connectivity index (χ2v) is 15.3. The van der Waals surface area contributed by atoms with E-state index in [1.54, 1.807) is 6.07 Å². The number of rotatable bonds is 4. The first-order valence-corrected chi connectivity index (χ1v) is 19.6. The van der Waals surface area contributed by atoms with E-state index in [2.05, 4.69) is 133 Å². The summed E-state index contributed by atoms with van der Waals surface area (Å²) in [5.41, 5.74) is 6.45. The third-order valence-electron chi connectivity index (χ3n) is 11.9. The van der Waals surface area contributed by atoms with Gasteiger partial charge in [-0.05, 0) is 170 Å². The second kappa shape index (κ2) is 13.4. The van der Waals surface area contributed by atoms with Gasteiger partial charge >= 0.3 is 6.18 Å². The van der Waals surface area contributed by atoms with Crippen LogP contribution in [-0.2, 0) is 6.18 Å². The van der Waals surface area contributed by atoms with E-state index >= 15 is 0 Å². The molecule has 0 saturated heterocycles. The number of benzene rings is 11. The molecule has 280 valence electrons. The van der Waals surface area contributed by atoms with Crippen molar-refractivity contribution in [2.45, 2.75) is 6.18 Å². The summed E-state index contributed by atoms with van der Waals surface area (Å²) in [4.78, 5) is 0. The molecule has 4 heteroatoms. The van der Waals surface area contributed by atoms with Crippen molar-refractivity contribution in [2.24, 2.45) is 0 Å². The number of alkyl halides is 3. The third-order valence-corrected chi connectivity index (χ3v) is 11.9. The molecule has 0 spiro atoms. The predicted octanol–water partition coefficient (Wildman–Crippen LogP) is 16.4. The van der Waals surface area contributed by atoms with Crippen LogP contribution >= 0.6 is 0 Å². The van der Waals surface area contributed by atoms with Gasteiger partial charge in [-0.15, -0.1) is 0 Å². The average molecular weight is 769 g/mol. The summed E-state index contributed by atoms with van der Waals surface area (Å²) in [5.74, 6) is -0.304. The van der Waals surface area contributed by atoms with Crippen molar-refractivity contribution in [1.29, 1.82) is 0 Å². The highest BCUT2D eigenvalue weighted by Crippen LogP contribution is 2.48. The molecule has 11 aromatic rings. The molecule has 11 rings (SSSR count). The molecule has 0 aliphatic rings. The van der Waals surface area contributed by atoms with Gasteiger partial charge < -0.3 is 0 Å². The zero-order valence-corrected chi connectivity index (χ0v) is 31.5. The molecule has 0 aliphatic heterocycles. The fourth-order valence-electron chi connectivity index (χ4n) is 9.14. The van der Waals surface area contributed by atoms with E-state index in [0.717, 1.165) is 104 Å². The lowest BCUT2D eigenvalue weighted by molar-refractivity contribution is -0.137. The Labute approximate surface area is 337 Å². The quantitative estimate of drug-likeness (QED) is 0.0950. The first-order chi connectivity index (χ1) is 28.8. The Morgan fingerprint density at radius 2 is 0.831 bits per heavy atom. The molecular formula is C55H32F4. The summed E-state index contributed by atoms with van der Waals surface area (Å²) in [6.45, 7) is 0. The van der Waals surface area contributed by atoms with Crippen LogP contribution in [0.25, 0.3) is 109 Å². The van der Waals surface area contributed by atoms with Crippen molar-refractivity contribution in [3.05, 3.63) is 206 Å². The fourth-order valence-corrected chi connectivity index (χ4v) is 9.14. The lowest BCUT2D eigenvalue weighted by Crippen LogP contribution is -2.04. The lowest BCUT2D eigenvalue weighted by atomic mass is 9.82. The van der Waals surface area contributed by atoms with Crippen LogP contribution in [0.4, 0.5) is 17.6 Å². The SMILES string of the molecule is Fc1ccc(-c2cc(-c3cc4ccccc4c4ccccc34)c3cc4cc(-c5cccc(C(F)(F)F)c5)ccc4c(-c4cc5ccccc5c5ccccc45)c3c2)cc1. The van der Waals surface area contributed by atoms with Crippen LogP contribution in [0.1, 0.15) is 5.56 Å². The molecule has 0 unspecified atom stereocenters. The highest BCUT2D eigenvalue weighted by molar-refractivity contribution is 6.25. The molecule has 0 fully saturated rings. The Kier molecular flexibility index (Phi) is 7.92. The van der Waals surface area contributed by atoms with Gasteiger partial charge in [-0.25, -0.2) is 4.39 Å². The highest BCUT2D eigenvalue weighted by atomic mass is 19.4. The highest BCUT2D eigenvalue weighted by Gasteiger charge is 2.30. The molecule has 0 bridgehead atoms. The minimum absolute atomic E-state index is 0.304. The van der Waals surface area contributed by atoms with Crippen LogP contribution in [0, 0.1) is 5.82 Å². The minimum atomic E-state index is -4.47. The normalized spacial score (nSPS) is 12.1. The van der Waals surface area contributed by atoms with E-state index in [-0.39, 0.29) is 5.82 Å². The number of halogens is 4. The molecule has 59 heavy (non-hydrogen) atoms. The van der Waals surface area contributed by atoms with E-state index in [0.29, 0.717) is 11.1 Å². The molecule has 11 aromatic carbocycles. The van der Waals surface area contributed by atoms with Gasteiger partial charge in [-0.1, -0.05) is 133 Å². The summed E-state index contributed by atoms with van der Waals surface area (Å²) in [5, 5.41) is 12.8. The predicted molar refractivity (Wildman–Crippen MR) is 238 cm³/mol. The topological polar surface area (TPSA) is 0 Å². The molecule has 0 nitrogen and oxygen atoms in total. The van der Waals surface area contributed by atoms with Gasteiger partial charge in [0.05, 0.1) is 5.56 Å². The summed E-state index contributed by atoms with van der Waals surface area (Å²) >= 11 is 0. The molecule has 0 saturated carbocycles. The standard InChI is InChI=1S/C55H32F4/c56-41-23-20-33(21-24-41)38-30-50(49-28-36-10-1-3-14-42(36)45-16-5-7-18-47(45)49)51-32-39-26-35(34-12-9-13-40(27-34)55(57,58)59)22-25-44(39)54(53(51)31-38)52-29-37-11-2-4-15-43(37)46-17-6-8-19-48(46)52/h1-32H. The maximum atomic E-state index is 14.4. The Morgan fingerprint density at radius 3 is 1.49 bits per heavy atom. The smallest absolute Gasteiger partial charge is 0.207 e. The number of hydrogen-bond acceptors (Lipinski definition) is 0. The van der Waals surface area contributed by atoms with Crippen molar-refractivity contribution in [1.82, 2.24) is 0 Å². The van der Waals surface area contributed by atoms with Crippen molar-refractivity contribution in [2.75, 3.05) is 0 Å². The van der Waals surface area contributed by atoms with E-state index < -0.39 is 11.7 Å². The largest absolute Gasteiger partial charge is 0.416 e. The summed E-state index contributed by atoms with van der Waals surface area (Å²) < 4.78 is 56.3. The van der Waals surface area contributed by atoms with E-state index in [4.69, 9.17) is 0 Å². The van der Waals surface area contributed by atoms with Gasteiger partial charge in [-0.2, -0.15) is 13.2 Å². The molecular weight excluding hydrogens is 737 g/mol. The van der Waals surface area contributed by atoms with Gasteiger partial charge in [0.1, 0.15) is 5.82 Å². The Bertz CT molecular complexity index is 3490. The fraction of sp³-hybridized carbons (Fsp3) is 0.0182. The van der Waals surface area contributed by atoms with Crippen LogP contribution in [0.2, 0.25) is 0 Å². The summed E-state index contributed by atoms with van der Waals surface area (Å²) in [6, 6.07) is 63.1. The summed E-state index contributed by atoms with van der Waals surface area (Å²) in [7, 11) is 0. The molecule has 0 amide bonds. The van der Waals surface area contributed by atoms with E-state index in [1.807, 2.05) is 24.3 Å². The van der Waals surface area contributed by atoms with Crippen molar-refractivity contribution in [3.63, 3.8) is 0 Å². The second-order valence-electron chi connectivity index (χ2n) is 15.3. The van der Waals surface area contributed by atoms with Gasteiger partial charge in [0.25, 0.3) is 0 Å². The summed E-state index contributed by atoms with van der Waals surface area (Å²) in [6.07, 6.45) is -4.47. The van der Waals surface area contributed by atoms with Crippen LogP contribution in [0.15, 0.2) is 194 Å². The minimum Gasteiger partial charge on any atom is -0.207 e. The molecule has 0 N–H and O–H groups in total. The molecule has 0 heterocycles. The molecule has 0 atom stereocenters. The van der Waals surface area contributed by atoms with Crippen molar-refractivity contribution < 1.29 is 17.6 Å². The monoisotopic (exact) mass is 768 g/mol. The van der Waals surface area contributed by atoms with Crippen LogP contribution in [0.5, 0.6) is 0 Å². The van der Waals surface area contributed by atoms with Crippen LogP contribution < -0.4 is 0 Å². The average Bonchev–Trinajstić information content (AvgIpc) is 3.27. The van der Waals surface area contributed by atoms with Crippen molar-refractivity contribution in [3.8, 4) is 44.5 Å². The molecule has 0 aliphatic carbocycles. The van der Waals surface area contributed by atoms with Crippen LogP contribution in [0.3, 0.4) is 0 Å². The Morgan fingerprint density at radius 1 is 0.288 bits per heavy atom. The van der Waals surface area contributed by atoms with Crippen LogP contribution in [-0.4, -0.2) is 0 Å². The zero-order chi connectivity index (χ0) is 39.8. The Balaban J connectivity index is 1.33. The van der Waals surface area contributed by atoms with Crippen molar-refractivity contribution >= 4 is 64.6 Å². The lowest BCUT2D eigenvalue weighted by Gasteiger charge is -2.21. The van der Waals surface area contributed by atoms with Gasteiger partial charge in [0, 0.05) is 0 Å². The van der Waals surface area contributed by atoms with E-state index in [9.17, 15) is 17.6 Å².